The minimum Gasteiger partial charge on any atom is -0.313 e. The van der Waals surface area contributed by atoms with Gasteiger partial charge >= 0.3 is 0 Å². The van der Waals surface area contributed by atoms with Crippen molar-refractivity contribution >= 4 is 24.0 Å². The molecule has 2 atom stereocenters. The van der Waals surface area contributed by atoms with E-state index in [0.29, 0.717) is 31.0 Å². The van der Waals surface area contributed by atoms with Crippen LogP contribution < -0.4 is 10.2 Å². The molecule has 2 aliphatic heterocycles. The normalized spacial score (nSPS) is 26.4. The molecule has 22 heavy (non-hydrogen) atoms. The van der Waals surface area contributed by atoms with Gasteiger partial charge in [-0.3, -0.25) is 4.79 Å². The summed E-state index contributed by atoms with van der Waals surface area (Å²) in [4.78, 5) is 14.3. The topological polar surface area (TPSA) is 32.3 Å². The van der Waals surface area contributed by atoms with Crippen LogP contribution in [0, 0.1) is 11.7 Å². The third-order valence-corrected chi connectivity index (χ3v) is 4.79. The Hall–Kier alpha value is -1.13. The Morgan fingerprint density at radius 2 is 1.82 bits per heavy atom. The van der Waals surface area contributed by atoms with Crippen LogP contribution in [0.2, 0.25) is 0 Å². The van der Waals surface area contributed by atoms with Gasteiger partial charge in [0.05, 0.1) is 0 Å². The number of rotatable bonds is 4. The number of carbonyl (C=O) groups is 1. The average Bonchev–Trinajstić information content (AvgIpc) is 2.81. The molecule has 2 saturated heterocycles. The highest BCUT2D eigenvalue weighted by Gasteiger charge is 2.34. The van der Waals surface area contributed by atoms with Crippen molar-refractivity contribution in [3.8, 4) is 0 Å². The first-order chi connectivity index (χ1) is 10.2. The third kappa shape index (κ3) is 3.79. The van der Waals surface area contributed by atoms with E-state index in [-0.39, 0.29) is 24.1 Å². The molecule has 5 heteroatoms. The highest BCUT2D eigenvalue weighted by molar-refractivity contribution is 5.93. The molecular weight excluding hydrogens is 303 g/mol. The van der Waals surface area contributed by atoms with Crippen LogP contribution in [-0.4, -0.2) is 24.5 Å². The number of benzene rings is 1. The van der Waals surface area contributed by atoms with Gasteiger partial charge < -0.3 is 10.2 Å². The van der Waals surface area contributed by atoms with Crippen LogP contribution >= 0.6 is 12.4 Å². The van der Waals surface area contributed by atoms with Crippen molar-refractivity contribution in [1.29, 1.82) is 0 Å². The fourth-order valence-electron chi connectivity index (χ4n) is 3.82. The Kier molecular flexibility index (Phi) is 5.81. The number of nitrogens with one attached hydrogen (secondary N) is 1. The van der Waals surface area contributed by atoms with Crippen LogP contribution in [0.1, 0.15) is 39.0 Å². The van der Waals surface area contributed by atoms with E-state index in [9.17, 15) is 9.18 Å². The fourth-order valence-corrected chi connectivity index (χ4v) is 3.82. The van der Waals surface area contributed by atoms with Gasteiger partial charge in [-0.05, 0) is 62.8 Å². The van der Waals surface area contributed by atoms with E-state index in [1.807, 2.05) is 6.92 Å². The molecule has 0 radical (unpaired) electrons. The summed E-state index contributed by atoms with van der Waals surface area (Å²) in [6.45, 7) is 2.59. The Labute approximate surface area is 137 Å². The minimum atomic E-state index is -0.266. The fraction of sp³-hybridized carbons (Fsp3) is 0.588. The number of carbonyl (C=O) groups excluding carboxylic acids is 1. The van der Waals surface area contributed by atoms with E-state index in [0.717, 1.165) is 18.5 Å². The molecule has 0 spiro atoms. The molecule has 122 valence electrons. The zero-order valence-corrected chi connectivity index (χ0v) is 13.7. The maximum atomic E-state index is 13.0. The van der Waals surface area contributed by atoms with Gasteiger partial charge in [0.1, 0.15) is 5.82 Å². The van der Waals surface area contributed by atoms with Crippen LogP contribution in [0.3, 0.4) is 0 Å². The van der Waals surface area contributed by atoms with E-state index in [1.54, 1.807) is 17.0 Å². The number of fused-ring (bicyclic) bond motifs is 2. The molecular formula is C17H24ClFN2O. The van der Waals surface area contributed by atoms with Gasteiger partial charge in [0.2, 0.25) is 5.91 Å². The molecule has 0 saturated carbocycles. The number of amides is 1. The molecule has 3 nitrogen and oxygen atoms in total. The van der Waals surface area contributed by atoms with E-state index in [4.69, 9.17) is 0 Å². The van der Waals surface area contributed by atoms with E-state index >= 15 is 0 Å². The van der Waals surface area contributed by atoms with Gasteiger partial charge in [-0.2, -0.15) is 0 Å². The van der Waals surface area contributed by atoms with Crippen molar-refractivity contribution in [2.45, 2.75) is 51.1 Å². The van der Waals surface area contributed by atoms with Crippen LogP contribution in [0.25, 0.3) is 0 Å². The average molecular weight is 327 g/mol. The molecule has 3 rings (SSSR count). The summed E-state index contributed by atoms with van der Waals surface area (Å²) in [6, 6.07) is 7.42. The summed E-state index contributed by atoms with van der Waals surface area (Å²) < 4.78 is 13.0. The molecule has 1 N–H and O–H groups in total. The Morgan fingerprint density at radius 1 is 1.23 bits per heavy atom. The predicted octanol–water partition coefficient (Wildman–Crippen LogP) is 3.52. The molecule has 1 amide bonds. The molecule has 2 heterocycles. The zero-order valence-electron chi connectivity index (χ0n) is 12.9. The summed E-state index contributed by atoms with van der Waals surface area (Å²) >= 11 is 0. The van der Waals surface area contributed by atoms with Crippen LogP contribution in [0.15, 0.2) is 24.3 Å². The first-order valence-electron chi connectivity index (χ1n) is 7.97. The SMILES string of the molecule is CCN(C(=O)CC1CC2CCC(C1)N2)c1ccc(F)cc1.Cl. The maximum absolute atomic E-state index is 13.0. The lowest BCUT2D eigenvalue weighted by atomic mass is 9.89. The summed E-state index contributed by atoms with van der Waals surface area (Å²) in [5.74, 6) is 0.387. The molecule has 2 bridgehead atoms. The molecule has 1 aromatic carbocycles. The van der Waals surface area contributed by atoms with Crippen LogP contribution in [0.5, 0.6) is 0 Å². The monoisotopic (exact) mass is 326 g/mol. The molecule has 2 aliphatic rings. The minimum absolute atomic E-state index is 0. The highest BCUT2D eigenvalue weighted by Crippen LogP contribution is 2.33. The van der Waals surface area contributed by atoms with Crippen LogP contribution in [-0.2, 0) is 4.79 Å². The van der Waals surface area contributed by atoms with Crippen molar-refractivity contribution in [2.75, 3.05) is 11.4 Å². The first-order valence-corrected chi connectivity index (χ1v) is 7.97. The van der Waals surface area contributed by atoms with Gasteiger partial charge in [-0.25, -0.2) is 4.39 Å². The molecule has 2 unspecified atom stereocenters. The number of halogens is 2. The summed E-state index contributed by atoms with van der Waals surface area (Å²) in [6.07, 6.45) is 5.35. The first kappa shape index (κ1) is 17.2. The quantitative estimate of drug-likeness (QED) is 0.918. The van der Waals surface area contributed by atoms with Gasteiger partial charge in [-0.1, -0.05) is 0 Å². The molecule has 2 fully saturated rings. The van der Waals surface area contributed by atoms with Gasteiger partial charge in [0, 0.05) is 30.7 Å². The van der Waals surface area contributed by atoms with E-state index < -0.39 is 0 Å². The largest absolute Gasteiger partial charge is 0.313 e. The van der Waals surface area contributed by atoms with E-state index in [2.05, 4.69) is 5.32 Å². The number of anilines is 1. The Morgan fingerprint density at radius 3 is 2.36 bits per heavy atom. The highest BCUT2D eigenvalue weighted by atomic mass is 35.5. The number of nitrogens with zero attached hydrogens (tertiary/aromatic N) is 1. The summed E-state index contributed by atoms with van der Waals surface area (Å²) in [5.41, 5.74) is 0.792. The number of piperidine rings is 1. The Balaban J connectivity index is 0.00000176. The van der Waals surface area contributed by atoms with Gasteiger partial charge in [0.15, 0.2) is 0 Å². The van der Waals surface area contributed by atoms with Crippen LogP contribution in [0.4, 0.5) is 10.1 Å². The zero-order chi connectivity index (χ0) is 14.8. The standard InChI is InChI=1S/C17H23FN2O.ClH/c1-2-20(16-7-3-13(18)4-8-16)17(21)11-12-9-14-5-6-15(10-12)19-14;/h3-4,7-8,12,14-15,19H,2,5-6,9-11H2,1H3;1H. The van der Waals surface area contributed by atoms with Crippen molar-refractivity contribution in [3.05, 3.63) is 30.1 Å². The van der Waals surface area contributed by atoms with Gasteiger partial charge in [-0.15, -0.1) is 12.4 Å². The maximum Gasteiger partial charge on any atom is 0.227 e. The second-order valence-electron chi connectivity index (χ2n) is 6.29. The lowest BCUT2D eigenvalue weighted by molar-refractivity contribution is -0.119. The lowest BCUT2D eigenvalue weighted by Crippen LogP contribution is -2.40. The second-order valence-corrected chi connectivity index (χ2v) is 6.29. The molecule has 1 aromatic rings. The van der Waals surface area contributed by atoms with Crippen molar-refractivity contribution < 1.29 is 9.18 Å². The van der Waals surface area contributed by atoms with Crippen molar-refractivity contribution in [1.82, 2.24) is 5.32 Å². The Bertz CT molecular complexity index is 496. The summed E-state index contributed by atoms with van der Waals surface area (Å²) in [5, 5.41) is 3.61. The van der Waals surface area contributed by atoms with Crippen molar-refractivity contribution in [3.63, 3.8) is 0 Å². The molecule has 0 aliphatic carbocycles. The smallest absolute Gasteiger partial charge is 0.227 e. The summed E-state index contributed by atoms with van der Waals surface area (Å²) in [7, 11) is 0. The third-order valence-electron chi connectivity index (χ3n) is 4.79. The lowest BCUT2D eigenvalue weighted by Gasteiger charge is -2.30. The molecule has 0 aromatic heterocycles. The van der Waals surface area contributed by atoms with Gasteiger partial charge in [0.25, 0.3) is 0 Å². The van der Waals surface area contributed by atoms with Crippen molar-refractivity contribution in [2.24, 2.45) is 5.92 Å². The number of hydrogen-bond donors (Lipinski definition) is 1. The van der Waals surface area contributed by atoms with E-state index in [1.165, 1.54) is 25.0 Å². The number of hydrogen-bond acceptors (Lipinski definition) is 2. The second kappa shape index (κ2) is 7.42. The predicted molar refractivity (Wildman–Crippen MR) is 89.0 cm³/mol.